The monoisotopic (exact) mass is 268 g/mol. The average Bonchev–Trinajstić information content (AvgIpc) is 2.28. The minimum absolute atomic E-state index is 0.516. The summed E-state index contributed by atoms with van der Waals surface area (Å²) >= 11 is 0. The quantitative estimate of drug-likeness (QED) is 0.838. The molecule has 2 aromatic rings. The number of hydrogen-bond acceptors (Lipinski definition) is 2. The van der Waals surface area contributed by atoms with Crippen LogP contribution in [0.4, 0.5) is 8.78 Å². The Morgan fingerprint density at radius 2 is 1.50 bits per heavy atom. The Kier molecular flexibility index (Phi) is 3.17. The summed E-state index contributed by atoms with van der Waals surface area (Å²) in [5.74, 6) is -1.77. The van der Waals surface area contributed by atoms with Gasteiger partial charge in [0.15, 0.2) is 0 Å². The largest absolute Gasteiger partial charge is 0.218 e. The highest BCUT2D eigenvalue weighted by atomic mass is 32.2. The van der Waals surface area contributed by atoms with Crippen molar-refractivity contribution in [2.75, 3.05) is 0 Å². The summed E-state index contributed by atoms with van der Waals surface area (Å²) in [6.07, 6.45) is 0. The molecule has 0 aliphatic heterocycles. The van der Waals surface area contributed by atoms with Crippen LogP contribution in [-0.4, -0.2) is 8.42 Å². The summed E-state index contributed by atoms with van der Waals surface area (Å²) in [6.45, 7) is 1.64. The maximum Gasteiger partial charge on any atom is 0.212 e. The maximum absolute atomic E-state index is 13.7. The molecule has 18 heavy (non-hydrogen) atoms. The summed E-state index contributed by atoms with van der Waals surface area (Å²) in [7, 11) is -4.17. The number of halogens is 2. The molecule has 0 atom stereocenters. The van der Waals surface area contributed by atoms with Crippen molar-refractivity contribution >= 4 is 9.84 Å². The van der Waals surface area contributed by atoms with Gasteiger partial charge < -0.3 is 0 Å². The third-order valence-electron chi connectivity index (χ3n) is 2.50. The molecule has 0 unspecified atom stereocenters. The molecule has 2 rings (SSSR count). The standard InChI is InChI=1S/C13H10F2O2S/c1-9-6-7-13(11(15)8-9)18(16,17)12-5-3-2-4-10(12)14/h2-8H,1H3. The van der Waals surface area contributed by atoms with Gasteiger partial charge in [-0.05, 0) is 36.8 Å². The molecule has 0 aromatic heterocycles. The Morgan fingerprint density at radius 1 is 0.889 bits per heavy atom. The van der Waals surface area contributed by atoms with Gasteiger partial charge in [-0.2, -0.15) is 0 Å². The van der Waals surface area contributed by atoms with Crippen LogP contribution in [0, 0.1) is 18.6 Å². The van der Waals surface area contributed by atoms with Crippen molar-refractivity contribution < 1.29 is 17.2 Å². The van der Waals surface area contributed by atoms with E-state index in [9.17, 15) is 17.2 Å². The van der Waals surface area contributed by atoms with Crippen LogP contribution in [0.2, 0.25) is 0 Å². The summed E-state index contributed by atoms with van der Waals surface area (Å²) in [5.41, 5.74) is 0.597. The van der Waals surface area contributed by atoms with E-state index in [1.165, 1.54) is 18.2 Å². The van der Waals surface area contributed by atoms with Gasteiger partial charge in [0, 0.05) is 0 Å². The maximum atomic E-state index is 13.7. The zero-order chi connectivity index (χ0) is 13.3. The zero-order valence-electron chi connectivity index (χ0n) is 9.52. The second kappa shape index (κ2) is 4.49. The van der Waals surface area contributed by atoms with Gasteiger partial charge in [0.05, 0.1) is 0 Å². The lowest BCUT2D eigenvalue weighted by molar-refractivity contribution is 0.551. The molecule has 2 aromatic carbocycles. The van der Waals surface area contributed by atoms with Gasteiger partial charge in [-0.3, -0.25) is 0 Å². The Hall–Kier alpha value is -1.75. The smallest absolute Gasteiger partial charge is 0.212 e. The lowest BCUT2D eigenvalue weighted by Crippen LogP contribution is -2.07. The lowest BCUT2D eigenvalue weighted by atomic mass is 10.2. The summed E-state index contributed by atoms with van der Waals surface area (Å²) < 4.78 is 51.4. The SMILES string of the molecule is Cc1ccc(S(=O)(=O)c2ccccc2F)c(F)c1. The average molecular weight is 268 g/mol. The van der Waals surface area contributed by atoms with E-state index in [2.05, 4.69) is 0 Å². The first-order chi connectivity index (χ1) is 8.43. The third kappa shape index (κ3) is 2.13. The number of benzene rings is 2. The van der Waals surface area contributed by atoms with Crippen molar-refractivity contribution in [1.29, 1.82) is 0 Å². The van der Waals surface area contributed by atoms with Crippen LogP contribution in [0.15, 0.2) is 52.3 Å². The van der Waals surface area contributed by atoms with E-state index in [0.717, 1.165) is 24.3 Å². The van der Waals surface area contributed by atoms with Crippen molar-refractivity contribution in [3.63, 3.8) is 0 Å². The highest BCUT2D eigenvalue weighted by Crippen LogP contribution is 2.25. The molecule has 94 valence electrons. The fourth-order valence-corrected chi connectivity index (χ4v) is 2.99. The predicted octanol–water partition coefficient (Wildman–Crippen LogP) is 3.11. The summed E-state index contributed by atoms with van der Waals surface area (Å²) in [6, 6.07) is 8.63. The van der Waals surface area contributed by atoms with E-state index >= 15 is 0 Å². The molecule has 0 aliphatic rings. The molecule has 0 fully saturated rings. The number of sulfone groups is 1. The van der Waals surface area contributed by atoms with Gasteiger partial charge in [0.25, 0.3) is 0 Å². The van der Waals surface area contributed by atoms with Crippen molar-refractivity contribution in [3.8, 4) is 0 Å². The van der Waals surface area contributed by atoms with Crippen molar-refractivity contribution in [3.05, 3.63) is 59.7 Å². The highest BCUT2D eigenvalue weighted by Gasteiger charge is 2.24. The Balaban J connectivity index is 2.66. The van der Waals surface area contributed by atoms with Crippen molar-refractivity contribution in [2.24, 2.45) is 0 Å². The molecule has 2 nitrogen and oxygen atoms in total. The second-order valence-corrected chi connectivity index (χ2v) is 5.75. The van der Waals surface area contributed by atoms with Crippen LogP contribution in [-0.2, 0) is 9.84 Å². The molecular formula is C13H10F2O2S. The van der Waals surface area contributed by atoms with Gasteiger partial charge in [-0.15, -0.1) is 0 Å². The lowest BCUT2D eigenvalue weighted by Gasteiger charge is -2.07. The molecule has 0 saturated heterocycles. The van der Waals surface area contributed by atoms with Crippen LogP contribution >= 0.6 is 0 Å². The van der Waals surface area contributed by atoms with Crippen LogP contribution in [0.3, 0.4) is 0 Å². The first-order valence-corrected chi connectivity index (χ1v) is 6.67. The number of hydrogen-bond donors (Lipinski definition) is 0. The van der Waals surface area contributed by atoms with Gasteiger partial charge in [0.1, 0.15) is 21.4 Å². The molecule has 0 aliphatic carbocycles. The van der Waals surface area contributed by atoms with E-state index in [1.54, 1.807) is 6.92 Å². The van der Waals surface area contributed by atoms with Crippen LogP contribution in [0.25, 0.3) is 0 Å². The normalized spacial score (nSPS) is 11.5. The van der Waals surface area contributed by atoms with E-state index in [-0.39, 0.29) is 0 Å². The third-order valence-corrected chi connectivity index (χ3v) is 4.32. The van der Waals surface area contributed by atoms with E-state index in [4.69, 9.17) is 0 Å². The molecule has 0 amide bonds. The number of aryl methyl sites for hydroxylation is 1. The molecule has 0 N–H and O–H groups in total. The second-order valence-electron chi connectivity index (χ2n) is 3.87. The summed E-state index contributed by atoms with van der Waals surface area (Å²) in [5, 5.41) is 0. The van der Waals surface area contributed by atoms with E-state index in [0.29, 0.717) is 5.56 Å². The fourth-order valence-electron chi connectivity index (χ4n) is 1.60. The van der Waals surface area contributed by atoms with Crippen LogP contribution < -0.4 is 0 Å². The van der Waals surface area contributed by atoms with Gasteiger partial charge >= 0.3 is 0 Å². The molecule has 0 saturated carbocycles. The minimum Gasteiger partial charge on any atom is -0.218 e. The highest BCUT2D eigenvalue weighted by molar-refractivity contribution is 7.91. The number of rotatable bonds is 2. The topological polar surface area (TPSA) is 34.1 Å². The van der Waals surface area contributed by atoms with E-state index < -0.39 is 31.3 Å². The predicted molar refractivity (Wildman–Crippen MR) is 63.0 cm³/mol. The Bertz CT molecular complexity index is 694. The van der Waals surface area contributed by atoms with Crippen LogP contribution in [0.1, 0.15) is 5.56 Å². The minimum atomic E-state index is -4.17. The van der Waals surface area contributed by atoms with Crippen molar-refractivity contribution in [2.45, 2.75) is 16.7 Å². The molecule has 5 heteroatoms. The Labute approximate surface area is 104 Å². The van der Waals surface area contributed by atoms with Gasteiger partial charge in [-0.25, -0.2) is 17.2 Å². The van der Waals surface area contributed by atoms with E-state index in [1.807, 2.05) is 0 Å². The van der Waals surface area contributed by atoms with Crippen molar-refractivity contribution in [1.82, 2.24) is 0 Å². The summed E-state index contributed by atoms with van der Waals surface area (Å²) in [4.78, 5) is -1.04. The molecular weight excluding hydrogens is 258 g/mol. The molecule has 0 heterocycles. The Morgan fingerprint density at radius 3 is 2.11 bits per heavy atom. The van der Waals surface area contributed by atoms with Gasteiger partial charge in [0.2, 0.25) is 9.84 Å². The zero-order valence-corrected chi connectivity index (χ0v) is 10.3. The fraction of sp³-hybridized carbons (Fsp3) is 0.0769. The van der Waals surface area contributed by atoms with Crippen LogP contribution in [0.5, 0.6) is 0 Å². The first-order valence-electron chi connectivity index (χ1n) is 5.18. The van der Waals surface area contributed by atoms with Gasteiger partial charge in [-0.1, -0.05) is 18.2 Å². The molecule has 0 spiro atoms. The molecule has 0 bridgehead atoms. The first kappa shape index (κ1) is 12.7. The molecule has 0 radical (unpaired) electrons.